The van der Waals surface area contributed by atoms with Gasteiger partial charge in [0.05, 0.1) is 7.11 Å². The molecule has 0 aliphatic heterocycles. The van der Waals surface area contributed by atoms with E-state index in [0.717, 1.165) is 11.3 Å². The lowest BCUT2D eigenvalue weighted by molar-refractivity contribution is 0.414. The fraction of sp³-hybridized carbons (Fsp3) is 0.0769. The second-order valence-corrected chi connectivity index (χ2v) is 4.19. The summed E-state index contributed by atoms with van der Waals surface area (Å²) >= 11 is 11.0. The Balaban J connectivity index is 2.11. The number of benzene rings is 1. The van der Waals surface area contributed by atoms with Crippen molar-refractivity contribution in [2.75, 3.05) is 7.11 Å². The Morgan fingerprint density at radius 1 is 1.17 bits per heavy atom. The van der Waals surface area contributed by atoms with Crippen molar-refractivity contribution in [1.29, 1.82) is 0 Å². The number of rotatable bonds is 3. The second kappa shape index (κ2) is 5.80. The van der Waals surface area contributed by atoms with Gasteiger partial charge in [-0.05, 0) is 48.6 Å². The Morgan fingerprint density at radius 3 is 2.44 bits per heavy atom. The smallest absolute Gasteiger partial charge is 0.198 e. The number of ether oxygens (including phenoxy) is 2. The van der Waals surface area contributed by atoms with E-state index in [9.17, 15) is 0 Å². The molecule has 0 bridgehead atoms. The molecular formula is C13H10ClNO2S. The summed E-state index contributed by atoms with van der Waals surface area (Å²) in [5.41, 5.74) is 0.723. The molecule has 2 aromatic rings. The van der Waals surface area contributed by atoms with Crippen molar-refractivity contribution in [2.24, 2.45) is 0 Å². The number of aromatic nitrogens is 1. The summed E-state index contributed by atoms with van der Waals surface area (Å²) in [5, 5.41) is 0.734. The largest absolute Gasteiger partial charge is 0.497 e. The van der Waals surface area contributed by atoms with Crippen LogP contribution in [-0.4, -0.2) is 17.1 Å². The third kappa shape index (κ3) is 3.18. The summed E-state index contributed by atoms with van der Waals surface area (Å²) in [5.74, 6) is 1.41. The monoisotopic (exact) mass is 279 g/mol. The molecule has 1 aromatic carbocycles. The number of hydrogen-bond acceptors (Lipinski definition) is 4. The minimum Gasteiger partial charge on any atom is -0.497 e. The Kier molecular flexibility index (Phi) is 4.12. The topological polar surface area (TPSA) is 31.4 Å². The van der Waals surface area contributed by atoms with Gasteiger partial charge in [-0.3, -0.25) is 0 Å². The number of methoxy groups -OCH3 is 1. The van der Waals surface area contributed by atoms with Gasteiger partial charge in [-0.15, -0.1) is 0 Å². The van der Waals surface area contributed by atoms with E-state index < -0.39 is 0 Å². The van der Waals surface area contributed by atoms with Crippen LogP contribution < -0.4 is 9.47 Å². The molecule has 2 rings (SSSR count). The van der Waals surface area contributed by atoms with E-state index >= 15 is 0 Å². The zero-order valence-electron chi connectivity index (χ0n) is 9.59. The Hall–Kier alpha value is -1.65. The van der Waals surface area contributed by atoms with E-state index in [2.05, 4.69) is 4.98 Å². The normalized spacial score (nSPS) is 9.89. The first-order valence-corrected chi connectivity index (χ1v) is 5.95. The minimum absolute atomic E-state index is 0.351. The third-order valence-corrected chi connectivity index (χ3v) is 2.76. The van der Waals surface area contributed by atoms with Gasteiger partial charge in [0.15, 0.2) is 5.05 Å². The first kappa shape index (κ1) is 12.8. The number of pyridine rings is 1. The Morgan fingerprint density at radius 2 is 1.83 bits per heavy atom. The fourth-order valence-electron chi connectivity index (χ4n) is 1.34. The average Bonchev–Trinajstić information content (AvgIpc) is 2.39. The van der Waals surface area contributed by atoms with Gasteiger partial charge in [0.1, 0.15) is 16.7 Å². The van der Waals surface area contributed by atoms with Crippen LogP contribution >= 0.6 is 23.8 Å². The van der Waals surface area contributed by atoms with E-state index in [1.165, 1.54) is 0 Å². The molecule has 0 aliphatic rings. The number of hydrogen-bond donors (Lipinski definition) is 0. The molecule has 0 amide bonds. The van der Waals surface area contributed by atoms with Crippen molar-refractivity contribution < 1.29 is 9.47 Å². The summed E-state index contributed by atoms with van der Waals surface area (Å²) in [7, 11) is 1.61. The number of nitrogens with zero attached hydrogens (tertiary/aromatic N) is 1. The number of thiocarbonyl (C=S) groups is 1. The SMILES string of the molecule is COc1ccc(OC(=S)c2ccnc(Cl)c2)cc1. The maximum atomic E-state index is 5.79. The highest BCUT2D eigenvalue weighted by Crippen LogP contribution is 2.19. The summed E-state index contributed by atoms with van der Waals surface area (Å²) in [6, 6.07) is 10.6. The predicted octanol–water partition coefficient (Wildman–Crippen LogP) is 3.50. The highest BCUT2D eigenvalue weighted by Gasteiger charge is 2.05. The average molecular weight is 280 g/mol. The Bertz CT molecular complexity index is 557. The Labute approximate surface area is 115 Å². The van der Waals surface area contributed by atoms with Crippen molar-refractivity contribution in [3.63, 3.8) is 0 Å². The lowest BCUT2D eigenvalue weighted by Crippen LogP contribution is -2.07. The molecule has 3 nitrogen and oxygen atoms in total. The van der Waals surface area contributed by atoms with E-state index in [0.29, 0.717) is 16.0 Å². The maximum Gasteiger partial charge on any atom is 0.198 e. The molecule has 0 radical (unpaired) electrons. The van der Waals surface area contributed by atoms with Gasteiger partial charge in [0, 0.05) is 11.8 Å². The zero-order chi connectivity index (χ0) is 13.0. The van der Waals surface area contributed by atoms with Crippen LogP contribution in [0.15, 0.2) is 42.6 Å². The molecule has 5 heteroatoms. The lowest BCUT2D eigenvalue weighted by Gasteiger charge is -2.07. The van der Waals surface area contributed by atoms with E-state index in [4.69, 9.17) is 33.3 Å². The summed E-state index contributed by atoms with van der Waals surface area (Å²) < 4.78 is 10.6. The molecule has 0 spiro atoms. The van der Waals surface area contributed by atoms with Crippen molar-refractivity contribution in [1.82, 2.24) is 4.98 Å². The van der Waals surface area contributed by atoms with Crippen LogP contribution in [0, 0.1) is 0 Å². The molecule has 0 aliphatic carbocycles. The van der Waals surface area contributed by atoms with E-state index in [1.807, 2.05) is 0 Å². The van der Waals surface area contributed by atoms with Crippen LogP contribution in [0.2, 0.25) is 5.15 Å². The molecule has 0 unspecified atom stereocenters. The molecule has 1 aromatic heterocycles. The second-order valence-electron chi connectivity index (χ2n) is 3.43. The fourth-order valence-corrected chi connectivity index (χ4v) is 1.74. The molecule has 0 N–H and O–H groups in total. The van der Waals surface area contributed by atoms with Gasteiger partial charge in [0.2, 0.25) is 0 Å². The van der Waals surface area contributed by atoms with Crippen molar-refractivity contribution in [3.05, 3.63) is 53.3 Å². The van der Waals surface area contributed by atoms with Gasteiger partial charge in [0.25, 0.3) is 0 Å². The van der Waals surface area contributed by atoms with Crippen LogP contribution in [0.3, 0.4) is 0 Å². The molecule has 0 atom stereocenters. The summed E-state index contributed by atoms with van der Waals surface area (Å²) in [4.78, 5) is 3.89. The van der Waals surface area contributed by atoms with Gasteiger partial charge in [-0.25, -0.2) is 4.98 Å². The number of halogens is 1. The molecule has 0 saturated carbocycles. The minimum atomic E-state index is 0.351. The van der Waals surface area contributed by atoms with Crippen LogP contribution in [0.5, 0.6) is 11.5 Å². The van der Waals surface area contributed by atoms with Crippen LogP contribution in [0.4, 0.5) is 0 Å². The zero-order valence-corrected chi connectivity index (χ0v) is 11.2. The van der Waals surface area contributed by atoms with Gasteiger partial charge in [-0.1, -0.05) is 11.6 Å². The van der Waals surface area contributed by atoms with Crippen LogP contribution in [-0.2, 0) is 0 Å². The quantitative estimate of drug-likeness (QED) is 0.636. The third-order valence-electron chi connectivity index (χ3n) is 2.23. The van der Waals surface area contributed by atoms with E-state index in [-0.39, 0.29) is 0 Å². The molecule has 1 heterocycles. The van der Waals surface area contributed by atoms with Gasteiger partial charge >= 0.3 is 0 Å². The predicted molar refractivity (Wildman–Crippen MR) is 74.6 cm³/mol. The highest BCUT2D eigenvalue weighted by molar-refractivity contribution is 7.80. The first-order valence-electron chi connectivity index (χ1n) is 5.17. The highest BCUT2D eigenvalue weighted by atomic mass is 35.5. The van der Waals surface area contributed by atoms with Crippen LogP contribution in [0.1, 0.15) is 5.56 Å². The molecule has 18 heavy (non-hydrogen) atoms. The molecule has 92 valence electrons. The molecule has 0 fully saturated rings. The van der Waals surface area contributed by atoms with Gasteiger partial charge in [-0.2, -0.15) is 0 Å². The van der Waals surface area contributed by atoms with Crippen molar-refractivity contribution >= 4 is 28.9 Å². The van der Waals surface area contributed by atoms with Crippen molar-refractivity contribution in [2.45, 2.75) is 0 Å². The summed E-state index contributed by atoms with van der Waals surface area (Å²) in [6.07, 6.45) is 1.58. The van der Waals surface area contributed by atoms with E-state index in [1.54, 1.807) is 49.7 Å². The summed E-state index contributed by atoms with van der Waals surface area (Å²) in [6.45, 7) is 0. The van der Waals surface area contributed by atoms with Gasteiger partial charge < -0.3 is 9.47 Å². The lowest BCUT2D eigenvalue weighted by atomic mass is 10.3. The van der Waals surface area contributed by atoms with Crippen LogP contribution in [0.25, 0.3) is 0 Å². The standard InChI is InChI=1S/C13H10ClNO2S/c1-16-10-2-4-11(5-3-10)17-13(18)9-6-7-15-12(14)8-9/h2-8H,1H3. The van der Waals surface area contributed by atoms with Crippen molar-refractivity contribution in [3.8, 4) is 11.5 Å². The molecule has 0 saturated heterocycles. The molecular weight excluding hydrogens is 270 g/mol. The maximum absolute atomic E-state index is 5.79. The first-order chi connectivity index (χ1) is 8.69.